The SMILES string of the molecule is CN(C)c1cccc(C(=O)NC(C)(C)CCCl)c1. The summed E-state index contributed by atoms with van der Waals surface area (Å²) in [7, 11) is 3.91. The first kappa shape index (κ1) is 14.8. The van der Waals surface area contributed by atoms with E-state index in [0.717, 1.165) is 12.1 Å². The van der Waals surface area contributed by atoms with Crippen molar-refractivity contribution in [2.45, 2.75) is 25.8 Å². The largest absolute Gasteiger partial charge is 0.378 e. The highest BCUT2D eigenvalue weighted by Gasteiger charge is 2.20. The van der Waals surface area contributed by atoms with Gasteiger partial charge in [-0.05, 0) is 38.5 Å². The lowest BCUT2D eigenvalue weighted by atomic mass is 10.0. The van der Waals surface area contributed by atoms with Crippen LogP contribution in [0.2, 0.25) is 0 Å². The Balaban J connectivity index is 2.81. The minimum atomic E-state index is -0.285. The highest BCUT2D eigenvalue weighted by atomic mass is 35.5. The highest BCUT2D eigenvalue weighted by molar-refractivity contribution is 6.17. The third-order valence-corrected chi connectivity index (χ3v) is 2.99. The highest BCUT2D eigenvalue weighted by Crippen LogP contribution is 2.15. The Morgan fingerprint density at radius 3 is 2.61 bits per heavy atom. The topological polar surface area (TPSA) is 32.3 Å². The normalized spacial score (nSPS) is 11.2. The molecule has 0 aliphatic carbocycles. The van der Waals surface area contributed by atoms with Crippen LogP contribution in [0.1, 0.15) is 30.6 Å². The van der Waals surface area contributed by atoms with Crippen molar-refractivity contribution in [3.8, 4) is 0 Å². The Morgan fingerprint density at radius 2 is 2.06 bits per heavy atom. The predicted octanol–water partition coefficient (Wildman–Crippen LogP) is 2.89. The summed E-state index contributed by atoms with van der Waals surface area (Å²) in [5, 5.41) is 3.00. The summed E-state index contributed by atoms with van der Waals surface area (Å²) < 4.78 is 0. The van der Waals surface area contributed by atoms with Crippen molar-refractivity contribution in [3.05, 3.63) is 29.8 Å². The molecule has 0 aliphatic rings. The number of amides is 1. The third kappa shape index (κ3) is 4.22. The molecule has 100 valence electrons. The maximum Gasteiger partial charge on any atom is 0.251 e. The molecule has 18 heavy (non-hydrogen) atoms. The maximum absolute atomic E-state index is 12.1. The Kier molecular flexibility index (Phi) is 5.03. The van der Waals surface area contributed by atoms with Crippen molar-refractivity contribution in [1.82, 2.24) is 5.32 Å². The van der Waals surface area contributed by atoms with Crippen molar-refractivity contribution in [3.63, 3.8) is 0 Å². The number of carbonyl (C=O) groups excluding carboxylic acids is 1. The van der Waals surface area contributed by atoms with E-state index in [1.165, 1.54) is 0 Å². The van der Waals surface area contributed by atoms with E-state index in [1.807, 2.05) is 57.1 Å². The van der Waals surface area contributed by atoms with Crippen molar-refractivity contribution in [2.24, 2.45) is 0 Å². The number of rotatable bonds is 5. The van der Waals surface area contributed by atoms with E-state index in [4.69, 9.17) is 11.6 Å². The van der Waals surface area contributed by atoms with Gasteiger partial charge in [0.25, 0.3) is 5.91 Å². The summed E-state index contributed by atoms with van der Waals surface area (Å²) in [4.78, 5) is 14.1. The fraction of sp³-hybridized carbons (Fsp3) is 0.500. The number of hydrogen-bond acceptors (Lipinski definition) is 2. The molecule has 1 N–H and O–H groups in total. The average molecular weight is 269 g/mol. The van der Waals surface area contributed by atoms with Crippen LogP contribution < -0.4 is 10.2 Å². The molecule has 0 spiro atoms. The van der Waals surface area contributed by atoms with Crippen LogP contribution in [-0.2, 0) is 0 Å². The van der Waals surface area contributed by atoms with E-state index >= 15 is 0 Å². The van der Waals surface area contributed by atoms with Crippen LogP contribution in [0.3, 0.4) is 0 Å². The number of nitrogens with zero attached hydrogens (tertiary/aromatic N) is 1. The molecule has 1 amide bonds. The van der Waals surface area contributed by atoms with E-state index in [2.05, 4.69) is 5.32 Å². The minimum absolute atomic E-state index is 0.0613. The first-order valence-corrected chi connectivity index (χ1v) is 6.55. The number of anilines is 1. The van der Waals surface area contributed by atoms with Crippen molar-refractivity contribution in [1.29, 1.82) is 0 Å². The second-order valence-electron chi connectivity index (χ2n) is 5.22. The molecule has 4 heteroatoms. The van der Waals surface area contributed by atoms with Gasteiger partial charge in [0.05, 0.1) is 0 Å². The Hall–Kier alpha value is -1.22. The molecule has 0 radical (unpaired) electrons. The molecule has 3 nitrogen and oxygen atoms in total. The molecule has 0 aliphatic heterocycles. The molecule has 1 rings (SSSR count). The van der Waals surface area contributed by atoms with Crippen LogP contribution in [-0.4, -0.2) is 31.4 Å². The zero-order chi connectivity index (χ0) is 13.8. The first-order valence-electron chi connectivity index (χ1n) is 6.01. The molecule has 0 saturated carbocycles. The maximum atomic E-state index is 12.1. The van der Waals surface area contributed by atoms with Gasteiger partial charge in [0.15, 0.2) is 0 Å². The summed E-state index contributed by atoms with van der Waals surface area (Å²) >= 11 is 5.72. The van der Waals surface area contributed by atoms with Gasteiger partial charge < -0.3 is 10.2 Å². The van der Waals surface area contributed by atoms with E-state index in [1.54, 1.807) is 0 Å². The van der Waals surface area contributed by atoms with Gasteiger partial charge >= 0.3 is 0 Å². The van der Waals surface area contributed by atoms with E-state index in [-0.39, 0.29) is 11.4 Å². The van der Waals surface area contributed by atoms with Crippen LogP contribution in [0.4, 0.5) is 5.69 Å². The second kappa shape index (κ2) is 6.10. The van der Waals surface area contributed by atoms with Crippen LogP contribution in [0.15, 0.2) is 24.3 Å². The number of alkyl halides is 1. The predicted molar refractivity (Wildman–Crippen MR) is 77.7 cm³/mol. The van der Waals surface area contributed by atoms with Gasteiger partial charge in [0.2, 0.25) is 0 Å². The van der Waals surface area contributed by atoms with Gasteiger partial charge in [-0.2, -0.15) is 0 Å². The van der Waals surface area contributed by atoms with E-state index in [9.17, 15) is 4.79 Å². The fourth-order valence-electron chi connectivity index (χ4n) is 1.60. The molecule has 0 heterocycles. The van der Waals surface area contributed by atoms with Crippen molar-refractivity contribution >= 4 is 23.2 Å². The molecule has 0 aromatic heterocycles. The molecule has 1 aromatic carbocycles. The lowest BCUT2D eigenvalue weighted by molar-refractivity contribution is 0.0911. The lowest BCUT2D eigenvalue weighted by Crippen LogP contribution is -2.43. The molecule has 0 atom stereocenters. The zero-order valence-corrected chi connectivity index (χ0v) is 12.2. The monoisotopic (exact) mass is 268 g/mol. The Morgan fingerprint density at radius 1 is 1.39 bits per heavy atom. The van der Waals surface area contributed by atoms with Crippen LogP contribution in [0.25, 0.3) is 0 Å². The smallest absolute Gasteiger partial charge is 0.251 e. The number of hydrogen-bond donors (Lipinski definition) is 1. The average Bonchev–Trinajstić information content (AvgIpc) is 2.28. The van der Waals surface area contributed by atoms with Crippen LogP contribution >= 0.6 is 11.6 Å². The molecular formula is C14H21ClN2O. The van der Waals surface area contributed by atoms with Gasteiger partial charge in [-0.3, -0.25) is 4.79 Å². The molecule has 0 saturated heterocycles. The standard InChI is InChI=1S/C14H21ClN2O/c1-14(2,8-9-15)16-13(18)11-6-5-7-12(10-11)17(3)4/h5-7,10H,8-9H2,1-4H3,(H,16,18). The second-order valence-corrected chi connectivity index (χ2v) is 5.60. The quantitative estimate of drug-likeness (QED) is 0.833. The summed E-state index contributed by atoms with van der Waals surface area (Å²) in [6, 6.07) is 7.56. The molecular weight excluding hydrogens is 248 g/mol. The summed E-state index contributed by atoms with van der Waals surface area (Å²) in [5.74, 6) is 0.471. The third-order valence-electron chi connectivity index (χ3n) is 2.80. The van der Waals surface area contributed by atoms with Crippen LogP contribution in [0, 0.1) is 0 Å². The molecule has 1 aromatic rings. The number of halogens is 1. The molecule has 0 fully saturated rings. The summed E-state index contributed by atoms with van der Waals surface area (Å²) in [5.41, 5.74) is 1.40. The van der Waals surface area contributed by atoms with Gasteiger partial charge in [-0.15, -0.1) is 11.6 Å². The van der Waals surface area contributed by atoms with Gasteiger partial charge in [0, 0.05) is 36.8 Å². The molecule has 0 unspecified atom stereocenters. The van der Waals surface area contributed by atoms with Crippen LogP contribution in [0.5, 0.6) is 0 Å². The lowest BCUT2D eigenvalue weighted by Gasteiger charge is -2.25. The first-order chi connectivity index (χ1) is 8.35. The molecule has 0 bridgehead atoms. The summed E-state index contributed by atoms with van der Waals surface area (Å²) in [6.07, 6.45) is 0.744. The van der Waals surface area contributed by atoms with Crippen molar-refractivity contribution in [2.75, 3.05) is 24.9 Å². The summed E-state index contributed by atoms with van der Waals surface area (Å²) in [6.45, 7) is 3.95. The van der Waals surface area contributed by atoms with Gasteiger partial charge in [0.1, 0.15) is 0 Å². The van der Waals surface area contributed by atoms with Gasteiger partial charge in [-0.1, -0.05) is 6.07 Å². The van der Waals surface area contributed by atoms with Crippen molar-refractivity contribution < 1.29 is 4.79 Å². The Labute approximate surface area is 114 Å². The number of benzene rings is 1. The van der Waals surface area contributed by atoms with E-state index < -0.39 is 0 Å². The zero-order valence-electron chi connectivity index (χ0n) is 11.5. The number of nitrogens with one attached hydrogen (secondary N) is 1. The fourth-order valence-corrected chi connectivity index (χ4v) is 2.08. The Bertz CT molecular complexity index is 416. The number of carbonyl (C=O) groups is 1. The van der Waals surface area contributed by atoms with E-state index in [0.29, 0.717) is 11.4 Å². The van der Waals surface area contributed by atoms with Gasteiger partial charge in [-0.25, -0.2) is 0 Å². The minimum Gasteiger partial charge on any atom is -0.378 e.